The second-order valence-corrected chi connectivity index (χ2v) is 5.88. The molecule has 21 heavy (non-hydrogen) atoms. The van der Waals surface area contributed by atoms with Crippen molar-refractivity contribution in [1.29, 1.82) is 0 Å². The van der Waals surface area contributed by atoms with Crippen molar-refractivity contribution in [2.24, 2.45) is 0 Å². The molecule has 2 aromatic rings. The average molecular weight is 351 g/mol. The van der Waals surface area contributed by atoms with E-state index in [1.807, 2.05) is 43.3 Å². The van der Waals surface area contributed by atoms with Gasteiger partial charge >= 0.3 is 0 Å². The fourth-order valence-electron chi connectivity index (χ4n) is 2.15. The molecule has 4 heteroatoms. The maximum atomic E-state index is 9.82. The molecule has 0 heterocycles. The Balaban J connectivity index is 2.24. The lowest BCUT2D eigenvalue weighted by molar-refractivity contribution is 0.190. The van der Waals surface area contributed by atoms with Gasteiger partial charge in [-0.1, -0.05) is 33.6 Å². The summed E-state index contributed by atoms with van der Waals surface area (Å²) in [6, 6.07) is 11.6. The summed E-state index contributed by atoms with van der Waals surface area (Å²) >= 11 is 3.43. The lowest BCUT2D eigenvalue weighted by Crippen LogP contribution is -2.03. The first-order valence-corrected chi connectivity index (χ1v) is 7.54. The number of hydrogen-bond acceptors (Lipinski definition) is 3. The first kappa shape index (κ1) is 15.9. The zero-order valence-electron chi connectivity index (χ0n) is 12.4. The van der Waals surface area contributed by atoms with E-state index in [0.29, 0.717) is 12.4 Å². The molecule has 0 aliphatic rings. The maximum Gasteiger partial charge on any atom is 0.126 e. The van der Waals surface area contributed by atoms with E-state index in [1.165, 1.54) is 0 Å². The van der Waals surface area contributed by atoms with Crippen LogP contribution < -0.4 is 9.47 Å². The fraction of sp³-hybridized carbons (Fsp3) is 0.294. The molecule has 1 atom stereocenters. The number of ether oxygens (including phenoxy) is 2. The molecule has 0 radical (unpaired) electrons. The number of aliphatic hydroxyl groups is 1. The van der Waals surface area contributed by atoms with Crippen molar-refractivity contribution >= 4 is 15.9 Å². The second kappa shape index (κ2) is 6.96. The zero-order chi connectivity index (χ0) is 15.4. The van der Waals surface area contributed by atoms with Gasteiger partial charge in [0.1, 0.15) is 18.1 Å². The molecule has 0 aliphatic carbocycles. The molecule has 0 fully saturated rings. The number of aryl methyl sites for hydroxylation is 1. The third-order valence-corrected chi connectivity index (χ3v) is 3.74. The minimum Gasteiger partial charge on any atom is -0.496 e. The zero-order valence-corrected chi connectivity index (χ0v) is 14.0. The lowest BCUT2D eigenvalue weighted by atomic mass is 10.1. The molecular weight excluding hydrogens is 332 g/mol. The van der Waals surface area contributed by atoms with Crippen LogP contribution in [0.1, 0.15) is 29.7 Å². The Morgan fingerprint density at radius 2 is 1.90 bits per heavy atom. The first-order chi connectivity index (χ1) is 10.0. The van der Waals surface area contributed by atoms with Crippen molar-refractivity contribution in [1.82, 2.24) is 0 Å². The summed E-state index contributed by atoms with van der Waals surface area (Å²) in [7, 11) is 1.65. The quantitative estimate of drug-likeness (QED) is 0.868. The van der Waals surface area contributed by atoms with Gasteiger partial charge in [0.2, 0.25) is 0 Å². The Bertz CT molecular complexity index is 623. The van der Waals surface area contributed by atoms with Gasteiger partial charge in [0.15, 0.2) is 0 Å². The normalized spacial score (nSPS) is 12.0. The predicted molar refractivity (Wildman–Crippen MR) is 86.8 cm³/mol. The standard InChI is InChI=1S/C17H19BrO3/c1-11-4-7-16(20-3)13(8-11)10-21-17-9-14(18)5-6-15(17)12(2)19/h4-9,12,19H,10H2,1-3H3/t12-/m1/s1. The Morgan fingerprint density at radius 3 is 2.57 bits per heavy atom. The Kier molecular flexibility index (Phi) is 5.26. The van der Waals surface area contributed by atoms with Gasteiger partial charge in [-0.2, -0.15) is 0 Å². The second-order valence-electron chi connectivity index (χ2n) is 4.96. The lowest BCUT2D eigenvalue weighted by Gasteiger charge is -2.15. The van der Waals surface area contributed by atoms with Crippen molar-refractivity contribution in [2.45, 2.75) is 26.6 Å². The van der Waals surface area contributed by atoms with Gasteiger partial charge in [-0.3, -0.25) is 0 Å². The fourth-order valence-corrected chi connectivity index (χ4v) is 2.49. The molecule has 3 nitrogen and oxygen atoms in total. The number of rotatable bonds is 5. The minimum absolute atomic E-state index is 0.390. The van der Waals surface area contributed by atoms with Crippen LogP contribution in [0.15, 0.2) is 40.9 Å². The van der Waals surface area contributed by atoms with Crippen LogP contribution in [-0.4, -0.2) is 12.2 Å². The van der Waals surface area contributed by atoms with E-state index in [2.05, 4.69) is 15.9 Å². The molecule has 1 N–H and O–H groups in total. The summed E-state index contributed by atoms with van der Waals surface area (Å²) in [5.41, 5.74) is 2.90. The van der Waals surface area contributed by atoms with E-state index in [1.54, 1.807) is 14.0 Å². The van der Waals surface area contributed by atoms with Crippen LogP contribution in [0.25, 0.3) is 0 Å². The van der Waals surface area contributed by atoms with E-state index in [-0.39, 0.29) is 0 Å². The third-order valence-electron chi connectivity index (χ3n) is 3.24. The van der Waals surface area contributed by atoms with E-state index < -0.39 is 6.10 Å². The topological polar surface area (TPSA) is 38.7 Å². The molecule has 0 aliphatic heterocycles. The molecule has 0 saturated heterocycles. The Morgan fingerprint density at radius 1 is 1.14 bits per heavy atom. The van der Waals surface area contributed by atoms with E-state index in [0.717, 1.165) is 26.9 Å². The summed E-state index contributed by atoms with van der Waals surface area (Å²) in [6.45, 7) is 4.15. The highest BCUT2D eigenvalue weighted by Crippen LogP contribution is 2.30. The van der Waals surface area contributed by atoms with Gasteiger partial charge in [-0.15, -0.1) is 0 Å². The maximum absolute atomic E-state index is 9.82. The van der Waals surface area contributed by atoms with Gasteiger partial charge in [-0.05, 0) is 38.1 Å². The number of methoxy groups -OCH3 is 1. The van der Waals surface area contributed by atoms with Crippen molar-refractivity contribution < 1.29 is 14.6 Å². The van der Waals surface area contributed by atoms with Crippen molar-refractivity contribution in [3.63, 3.8) is 0 Å². The summed E-state index contributed by atoms with van der Waals surface area (Å²) < 4.78 is 12.2. The molecule has 112 valence electrons. The molecule has 0 aromatic heterocycles. The van der Waals surface area contributed by atoms with Gasteiger partial charge in [0, 0.05) is 15.6 Å². The molecule has 0 unspecified atom stereocenters. The highest BCUT2D eigenvalue weighted by molar-refractivity contribution is 9.10. The summed E-state index contributed by atoms with van der Waals surface area (Å²) in [6.07, 6.45) is -0.576. The highest BCUT2D eigenvalue weighted by Gasteiger charge is 2.11. The van der Waals surface area contributed by atoms with Crippen LogP contribution >= 0.6 is 15.9 Å². The van der Waals surface area contributed by atoms with Gasteiger partial charge in [0.25, 0.3) is 0 Å². The third kappa shape index (κ3) is 3.99. The van der Waals surface area contributed by atoms with Gasteiger partial charge < -0.3 is 14.6 Å². The average Bonchev–Trinajstić information content (AvgIpc) is 2.45. The molecule has 0 spiro atoms. The van der Waals surface area contributed by atoms with E-state index in [9.17, 15) is 5.11 Å². The molecule has 2 rings (SSSR count). The van der Waals surface area contributed by atoms with Crippen LogP contribution in [-0.2, 0) is 6.61 Å². The molecule has 2 aromatic carbocycles. The Labute approximate surface area is 133 Å². The minimum atomic E-state index is -0.576. The summed E-state index contributed by atoms with van der Waals surface area (Å²) in [4.78, 5) is 0. The molecular formula is C17H19BrO3. The number of halogens is 1. The Hall–Kier alpha value is -1.52. The van der Waals surface area contributed by atoms with E-state index in [4.69, 9.17) is 9.47 Å². The highest BCUT2D eigenvalue weighted by atomic mass is 79.9. The molecule has 0 saturated carbocycles. The largest absolute Gasteiger partial charge is 0.496 e. The SMILES string of the molecule is COc1ccc(C)cc1COc1cc(Br)ccc1[C@@H](C)O. The van der Waals surface area contributed by atoms with Crippen LogP contribution in [0.3, 0.4) is 0 Å². The van der Waals surface area contributed by atoms with Crippen LogP contribution in [0.4, 0.5) is 0 Å². The van der Waals surface area contributed by atoms with Gasteiger partial charge in [-0.25, -0.2) is 0 Å². The molecule has 0 bridgehead atoms. The molecule has 0 amide bonds. The first-order valence-electron chi connectivity index (χ1n) is 6.75. The van der Waals surface area contributed by atoms with Crippen molar-refractivity contribution in [3.8, 4) is 11.5 Å². The van der Waals surface area contributed by atoms with Crippen molar-refractivity contribution in [2.75, 3.05) is 7.11 Å². The van der Waals surface area contributed by atoms with Crippen LogP contribution in [0.5, 0.6) is 11.5 Å². The smallest absolute Gasteiger partial charge is 0.126 e. The predicted octanol–water partition coefficient (Wildman–Crippen LogP) is 4.40. The summed E-state index contributed by atoms with van der Waals surface area (Å²) in [5, 5.41) is 9.82. The number of benzene rings is 2. The van der Waals surface area contributed by atoms with Crippen LogP contribution in [0.2, 0.25) is 0 Å². The monoisotopic (exact) mass is 350 g/mol. The van der Waals surface area contributed by atoms with Crippen LogP contribution in [0, 0.1) is 6.92 Å². The van der Waals surface area contributed by atoms with Gasteiger partial charge in [0.05, 0.1) is 13.2 Å². The van der Waals surface area contributed by atoms with Crippen molar-refractivity contribution in [3.05, 3.63) is 57.6 Å². The number of aliphatic hydroxyl groups excluding tert-OH is 1. The van der Waals surface area contributed by atoms with E-state index >= 15 is 0 Å². The number of hydrogen-bond donors (Lipinski definition) is 1. The summed E-state index contributed by atoms with van der Waals surface area (Å²) in [5.74, 6) is 1.47.